The Hall–Kier alpha value is -2.87. The molecule has 2 amide bonds. The second kappa shape index (κ2) is 7.63. The minimum Gasteiger partial charge on any atom is -0.493 e. The number of carbonyl (C=O) groups excluding carboxylic acids is 2. The summed E-state index contributed by atoms with van der Waals surface area (Å²) in [7, 11) is 0. The summed E-state index contributed by atoms with van der Waals surface area (Å²) in [5.74, 6) is 0.143. The van der Waals surface area contributed by atoms with Crippen LogP contribution < -0.4 is 15.7 Å². The lowest BCUT2D eigenvalue weighted by molar-refractivity contribution is -0.131. The Morgan fingerprint density at radius 2 is 2.11 bits per heavy atom. The number of fused-ring (bicyclic) bond motifs is 2. The molecule has 1 aromatic carbocycles. The van der Waals surface area contributed by atoms with E-state index in [1.807, 2.05) is 6.92 Å². The van der Waals surface area contributed by atoms with E-state index in [0.29, 0.717) is 43.0 Å². The summed E-state index contributed by atoms with van der Waals surface area (Å²) in [4.78, 5) is 41.1. The van der Waals surface area contributed by atoms with Gasteiger partial charge in [0.2, 0.25) is 5.91 Å². The van der Waals surface area contributed by atoms with Gasteiger partial charge in [0.15, 0.2) is 0 Å². The van der Waals surface area contributed by atoms with Crippen LogP contribution in [0.15, 0.2) is 33.5 Å². The van der Waals surface area contributed by atoms with Gasteiger partial charge in [-0.15, -0.1) is 0 Å². The Morgan fingerprint density at radius 1 is 1.25 bits per heavy atom. The monoisotopic (exact) mass is 385 g/mol. The third kappa shape index (κ3) is 3.47. The summed E-state index contributed by atoms with van der Waals surface area (Å²) in [6.07, 6.45) is 0.877. The fraction of sp³-hybridized carbons (Fsp3) is 0.450. The Labute approximate surface area is 162 Å². The lowest BCUT2D eigenvalue weighted by Gasteiger charge is -2.42. The Balaban J connectivity index is 1.58. The topological polar surface area (TPSA) is 92.1 Å². The average molecular weight is 385 g/mol. The van der Waals surface area contributed by atoms with Gasteiger partial charge in [0.1, 0.15) is 22.9 Å². The predicted octanol–water partition coefficient (Wildman–Crippen LogP) is 0.838. The van der Waals surface area contributed by atoms with Gasteiger partial charge < -0.3 is 19.4 Å². The number of nitrogens with one attached hydrogen (secondary N) is 1. The third-order valence-corrected chi connectivity index (χ3v) is 5.19. The molecule has 1 unspecified atom stereocenters. The molecule has 0 spiro atoms. The molecule has 1 atom stereocenters. The van der Waals surface area contributed by atoms with Crippen LogP contribution in [0.1, 0.15) is 23.7 Å². The maximum absolute atomic E-state index is 12.9. The highest BCUT2D eigenvalue weighted by molar-refractivity contribution is 5.97. The predicted molar refractivity (Wildman–Crippen MR) is 103 cm³/mol. The fourth-order valence-corrected chi connectivity index (χ4v) is 3.68. The third-order valence-electron chi connectivity index (χ3n) is 5.19. The first kappa shape index (κ1) is 18.5. The van der Waals surface area contributed by atoms with Crippen molar-refractivity contribution in [3.63, 3.8) is 0 Å². The largest absolute Gasteiger partial charge is 0.493 e. The minimum atomic E-state index is -0.680. The molecular formula is C20H23N3O5. The summed E-state index contributed by atoms with van der Waals surface area (Å²) < 4.78 is 10.9. The van der Waals surface area contributed by atoms with Crippen LogP contribution in [0.2, 0.25) is 0 Å². The van der Waals surface area contributed by atoms with Crippen molar-refractivity contribution in [1.82, 2.24) is 15.1 Å². The van der Waals surface area contributed by atoms with Crippen LogP contribution in [0, 0.1) is 0 Å². The van der Waals surface area contributed by atoms with E-state index in [-0.39, 0.29) is 24.1 Å². The fourth-order valence-electron chi connectivity index (χ4n) is 3.68. The lowest BCUT2D eigenvalue weighted by Crippen LogP contribution is -2.64. The van der Waals surface area contributed by atoms with Crippen molar-refractivity contribution in [3.05, 3.63) is 40.2 Å². The van der Waals surface area contributed by atoms with E-state index in [1.165, 1.54) is 0 Å². The molecule has 0 saturated carbocycles. The molecule has 2 saturated heterocycles. The maximum Gasteiger partial charge on any atom is 0.349 e. The first-order chi connectivity index (χ1) is 13.6. The maximum atomic E-state index is 12.9. The van der Waals surface area contributed by atoms with E-state index in [4.69, 9.17) is 9.15 Å². The summed E-state index contributed by atoms with van der Waals surface area (Å²) >= 11 is 0. The molecule has 4 rings (SSSR count). The molecule has 28 heavy (non-hydrogen) atoms. The van der Waals surface area contributed by atoms with E-state index in [2.05, 4.69) is 10.2 Å². The van der Waals surface area contributed by atoms with Gasteiger partial charge in [-0.1, -0.05) is 6.92 Å². The number of ether oxygens (including phenoxy) is 1. The molecule has 0 bridgehead atoms. The number of nitrogens with zero attached hydrogens (tertiary/aromatic N) is 2. The van der Waals surface area contributed by atoms with Crippen molar-refractivity contribution >= 4 is 22.8 Å². The van der Waals surface area contributed by atoms with Crippen molar-refractivity contribution in [2.45, 2.75) is 19.4 Å². The van der Waals surface area contributed by atoms with Crippen LogP contribution in [0.3, 0.4) is 0 Å². The number of carbonyl (C=O) groups is 2. The van der Waals surface area contributed by atoms with Gasteiger partial charge in [-0.25, -0.2) is 4.79 Å². The molecule has 8 heteroatoms. The highest BCUT2D eigenvalue weighted by atomic mass is 16.5. The van der Waals surface area contributed by atoms with Crippen LogP contribution in [-0.4, -0.2) is 67.0 Å². The molecular weight excluding hydrogens is 362 g/mol. The summed E-state index contributed by atoms with van der Waals surface area (Å²) in [5.41, 5.74) is -0.313. The van der Waals surface area contributed by atoms with Crippen molar-refractivity contribution < 1.29 is 18.7 Å². The van der Waals surface area contributed by atoms with Crippen molar-refractivity contribution in [3.8, 4) is 5.75 Å². The van der Waals surface area contributed by atoms with Crippen molar-refractivity contribution in [2.75, 3.05) is 39.3 Å². The highest BCUT2D eigenvalue weighted by Gasteiger charge is 2.37. The van der Waals surface area contributed by atoms with Crippen molar-refractivity contribution in [2.24, 2.45) is 0 Å². The van der Waals surface area contributed by atoms with E-state index in [0.717, 1.165) is 13.0 Å². The second-order valence-electron chi connectivity index (χ2n) is 7.09. The molecule has 1 aromatic heterocycles. The molecule has 3 heterocycles. The van der Waals surface area contributed by atoms with Gasteiger partial charge in [0.25, 0.3) is 5.91 Å². The van der Waals surface area contributed by atoms with Gasteiger partial charge in [-0.05, 0) is 24.6 Å². The molecule has 2 aromatic rings. The van der Waals surface area contributed by atoms with E-state index in [9.17, 15) is 14.4 Å². The summed E-state index contributed by atoms with van der Waals surface area (Å²) in [6.45, 7) is 5.35. The van der Waals surface area contributed by atoms with Crippen molar-refractivity contribution in [1.29, 1.82) is 0 Å². The van der Waals surface area contributed by atoms with Gasteiger partial charge in [0.05, 0.1) is 6.61 Å². The summed E-state index contributed by atoms with van der Waals surface area (Å²) in [5, 5.41) is 3.48. The van der Waals surface area contributed by atoms with Crippen LogP contribution in [0.5, 0.6) is 5.75 Å². The molecule has 2 aliphatic rings. The average Bonchev–Trinajstić information content (AvgIpc) is 2.71. The lowest BCUT2D eigenvalue weighted by atomic mass is 10.1. The van der Waals surface area contributed by atoms with Gasteiger partial charge in [0, 0.05) is 44.2 Å². The summed E-state index contributed by atoms with van der Waals surface area (Å²) in [6, 6.07) is 6.41. The quantitative estimate of drug-likeness (QED) is 0.784. The van der Waals surface area contributed by atoms with Crippen LogP contribution in [0.25, 0.3) is 11.0 Å². The molecule has 8 nitrogen and oxygen atoms in total. The standard InChI is InChI=1S/C20H23N3O5/c1-2-9-27-14-4-3-13-10-15(20(26)28-17(13)11-14)19(25)23-8-7-22-6-5-21-18(24)16(22)12-23/h3-4,10-11,16H,2,5-9,12H2,1H3,(H,21,24). The van der Waals surface area contributed by atoms with Gasteiger partial charge >= 0.3 is 5.63 Å². The zero-order valence-electron chi connectivity index (χ0n) is 15.8. The highest BCUT2D eigenvalue weighted by Crippen LogP contribution is 2.22. The first-order valence-corrected chi connectivity index (χ1v) is 9.58. The Kier molecular flexibility index (Phi) is 5.04. The van der Waals surface area contributed by atoms with Crippen LogP contribution in [0.4, 0.5) is 0 Å². The smallest absolute Gasteiger partial charge is 0.349 e. The van der Waals surface area contributed by atoms with Gasteiger partial charge in [-0.3, -0.25) is 14.5 Å². The number of benzene rings is 1. The molecule has 2 aliphatic heterocycles. The van der Waals surface area contributed by atoms with E-state index >= 15 is 0 Å². The SMILES string of the molecule is CCCOc1ccc2cc(C(=O)N3CCN4CCNC(=O)C4C3)c(=O)oc2c1. The van der Waals surface area contributed by atoms with Gasteiger partial charge in [-0.2, -0.15) is 0 Å². The van der Waals surface area contributed by atoms with Crippen LogP contribution >= 0.6 is 0 Å². The Morgan fingerprint density at radius 3 is 2.93 bits per heavy atom. The number of rotatable bonds is 4. The zero-order valence-corrected chi connectivity index (χ0v) is 15.8. The van der Waals surface area contributed by atoms with Crippen LogP contribution in [-0.2, 0) is 4.79 Å². The molecule has 0 aliphatic carbocycles. The van der Waals surface area contributed by atoms with E-state index < -0.39 is 11.5 Å². The normalized spacial score (nSPS) is 20.0. The first-order valence-electron chi connectivity index (χ1n) is 9.58. The number of hydrogen-bond acceptors (Lipinski definition) is 6. The Bertz CT molecular complexity index is 970. The van der Waals surface area contributed by atoms with E-state index in [1.54, 1.807) is 29.2 Å². The molecule has 0 radical (unpaired) electrons. The minimum absolute atomic E-state index is 0.0144. The molecule has 1 N–H and O–H groups in total. The number of piperazine rings is 2. The number of hydrogen-bond donors (Lipinski definition) is 1. The zero-order chi connectivity index (χ0) is 19.7. The molecule has 148 valence electrons. The molecule has 2 fully saturated rings. The second-order valence-corrected chi connectivity index (χ2v) is 7.09. The number of amides is 2.